The van der Waals surface area contributed by atoms with Gasteiger partial charge < -0.3 is 20.5 Å². The van der Waals surface area contributed by atoms with Crippen molar-refractivity contribution in [3.63, 3.8) is 0 Å². The number of hydrogen-bond donors (Lipinski definition) is 2. The Kier molecular flexibility index (Phi) is 3.79. The van der Waals surface area contributed by atoms with Gasteiger partial charge in [-0.3, -0.25) is 9.48 Å². The summed E-state index contributed by atoms with van der Waals surface area (Å²) in [7, 11) is 4.77. The summed E-state index contributed by atoms with van der Waals surface area (Å²) in [6.45, 7) is 0. The molecular formula is C13H16N4O3. The molecule has 0 bridgehead atoms. The van der Waals surface area contributed by atoms with Crippen LogP contribution in [-0.2, 0) is 7.05 Å². The third-order valence-electron chi connectivity index (χ3n) is 2.76. The van der Waals surface area contributed by atoms with Crippen LogP contribution in [0.5, 0.6) is 11.5 Å². The first-order valence-corrected chi connectivity index (χ1v) is 5.86. The normalized spacial score (nSPS) is 10.2. The van der Waals surface area contributed by atoms with E-state index in [1.807, 2.05) is 0 Å². The van der Waals surface area contributed by atoms with Crippen molar-refractivity contribution in [1.29, 1.82) is 0 Å². The van der Waals surface area contributed by atoms with Gasteiger partial charge in [0.15, 0.2) is 11.5 Å². The van der Waals surface area contributed by atoms with Gasteiger partial charge in [-0.05, 0) is 6.07 Å². The Morgan fingerprint density at radius 2 is 1.95 bits per heavy atom. The Hall–Kier alpha value is -2.70. The molecule has 1 aromatic carbocycles. The highest BCUT2D eigenvalue weighted by molar-refractivity contribution is 6.08. The Bertz CT molecular complexity index is 637. The SMILES string of the molecule is COc1cc(N)c(C(=O)Nc2cnn(C)c2)cc1OC. The summed E-state index contributed by atoms with van der Waals surface area (Å²) in [5.41, 5.74) is 7.07. The van der Waals surface area contributed by atoms with Gasteiger partial charge in [0.2, 0.25) is 0 Å². The fourth-order valence-corrected chi connectivity index (χ4v) is 1.78. The van der Waals surface area contributed by atoms with Crippen LogP contribution in [0.1, 0.15) is 10.4 Å². The van der Waals surface area contributed by atoms with E-state index < -0.39 is 0 Å². The number of rotatable bonds is 4. The van der Waals surface area contributed by atoms with Crippen molar-refractivity contribution in [3.05, 3.63) is 30.1 Å². The number of methoxy groups -OCH3 is 2. The largest absolute Gasteiger partial charge is 0.493 e. The zero-order chi connectivity index (χ0) is 14.7. The first kappa shape index (κ1) is 13.7. The molecule has 1 heterocycles. The molecule has 106 valence electrons. The minimum absolute atomic E-state index is 0.309. The molecular weight excluding hydrogens is 260 g/mol. The minimum Gasteiger partial charge on any atom is -0.493 e. The summed E-state index contributed by atoms with van der Waals surface area (Å²) in [5.74, 6) is 0.581. The number of aryl methyl sites for hydroxylation is 1. The minimum atomic E-state index is -0.337. The maximum absolute atomic E-state index is 12.2. The van der Waals surface area contributed by atoms with Crippen LogP contribution in [0.25, 0.3) is 0 Å². The molecule has 1 amide bonds. The van der Waals surface area contributed by atoms with E-state index in [0.29, 0.717) is 28.4 Å². The van der Waals surface area contributed by atoms with E-state index in [2.05, 4.69) is 10.4 Å². The van der Waals surface area contributed by atoms with Crippen molar-refractivity contribution in [1.82, 2.24) is 9.78 Å². The Morgan fingerprint density at radius 1 is 1.30 bits per heavy atom. The molecule has 0 saturated heterocycles. The molecule has 0 aliphatic rings. The number of anilines is 2. The van der Waals surface area contributed by atoms with Gasteiger partial charge in [-0.2, -0.15) is 5.10 Å². The predicted octanol–water partition coefficient (Wildman–Crippen LogP) is 1.27. The first-order chi connectivity index (χ1) is 9.55. The van der Waals surface area contributed by atoms with Crippen molar-refractivity contribution < 1.29 is 14.3 Å². The summed E-state index contributed by atoms with van der Waals surface area (Å²) in [5, 5.41) is 6.68. The summed E-state index contributed by atoms with van der Waals surface area (Å²) >= 11 is 0. The number of carbonyl (C=O) groups is 1. The van der Waals surface area contributed by atoms with Crippen molar-refractivity contribution in [3.8, 4) is 11.5 Å². The number of carbonyl (C=O) groups excluding carboxylic acids is 1. The monoisotopic (exact) mass is 276 g/mol. The van der Waals surface area contributed by atoms with Crippen LogP contribution >= 0.6 is 0 Å². The maximum Gasteiger partial charge on any atom is 0.257 e. The highest BCUT2D eigenvalue weighted by Gasteiger charge is 2.15. The van der Waals surface area contributed by atoms with Gasteiger partial charge in [-0.1, -0.05) is 0 Å². The molecule has 0 aliphatic heterocycles. The Morgan fingerprint density at radius 3 is 2.50 bits per heavy atom. The predicted molar refractivity (Wildman–Crippen MR) is 75.1 cm³/mol. The van der Waals surface area contributed by atoms with Crippen molar-refractivity contribution in [2.24, 2.45) is 7.05 Å². The molecule has 0 saturated carbocycles. The molecule has 20 heavy (non-hydrogen) atoms. The number of amides is 1. The van der Waals surface area contributed by atoms with E-state index in [9.17, 15) is 4.79 Å². The van der Waals surface area contributed by atoms with E-state index in [1.54, 1.807) is 36.3 Å². The Balaban J connectivity index is 2.29. The summed E-state index contributed by atoms with van der Waals surface area (Å²) in [6, 6.07) is 3.09. The van der Waals surface area contributed by atoms with Crippen LogP contribution in [0.4, 0.5) is 11.4 Å². The van der Waals surface area contributed by atoms with E-state index in [-0.39, 0.29) is 5.91 Å². The first-order valence-electron chi connectivity index (χ1n) is 5.86. The molecule has 3 N–H and O–H groups in total. The average Bonchev–Trinajstić information content (AvgIpc) is 2.83. The van der Waals surface area contributed by atoms with Crippen molar-refractivity contribution >= 4 is 17.3 Å². The van der Waals surface area contributed by atoms with Crippen LogP contribution < -0.4 is 20.5 Å². The van der Waals surface area contributed by atoms with Crippen LogP contribution in [-0.4, -0.2) is 29.9 Å². The number of benzene rings is 1. The lowest BCUT2D eigenvalue weighted by Crippen LogP contribution is -2.14. The highest BCUT2D eigenvalue weighted by atomic mass is 16.5. The summed E-state index contributed by atoms with van der Waals surface area (Å²) in [4.78, 5) is 12.2. The molecule has 7 heteroatoms. The number of nitrogen functional groups attached to an aromatic ring is 1. The average molecular weight is 276 g/mol. The van der Waals surface area contributed by atoms with Gasteiger partial charge in [-0.15, -0.1) is 0 Å². The topological polar surface area (TPSA) is 91.4 Å². The third-order valence-corrected chi connectivity index (χ3v) is 2.76. The smallest absolute Gasteiger partial charge is 0.257 e. The molecule has 2 aromatic rings. The second kappa shape index (κ2) is 5.52. The van der Waals surface area contributed by atoms with E-state index in [4.69, 9.17) is 15.2 Å². The van der Waals surface area contributed by atoms with Gasteiger partial charge in [0.25, 0.3) is 5.91 Å². The molecule has 1 aromatic heterocycles. The standard InChI is InChI=1S/C13H16N4O3/c1-17-7-8(6-15-17)16-13(18)9-4-11(19-2)12(20-3)5-10(9)14/h4-7H,14H2,1-3H3,(H,16,18). The fraction of sp³-hybridized carbons (Fsp3) is 0.231. The zero-order valence-corrected chi connectivity index (χ0v) is 11.5. The molecule has 2 rings (SSSR count). The quantitative estimate of drug-likeness (QED) is 0.821. The van der Waals surface area contributed by atoms with Crippen LogP contribution in [0.2, 0.25) is 0 Å². The van der Waals surface area contributed by atoms with E-state index in [0.717, 1.165) is 0 Å². The zero-order valence-electron chi connectivity index (χ0n) is 11.5. The van der Waals surface area contributed by atoms with Crippen LogP contribution in [0.15, 0.2) is 24.5 Å². The second-order valence-corrected chi connectivity index (χ2v) is 4.15. The maximum atomic E-state index is 12.2. The van der Waals surface area contributed by atoms with Gasteiger partial charge in [-0.25, -0.2) is 0 Å². The van der Waals surface area contributed by atoms with Gasteiger partial charge in [0, 0.05) is 25.0 Å². The highest BCUT2D eigenvalue weighted by Crippen LogP contribution is 2.32. The number of ether oxygens (including phenoxy) is 2. The molecule has 7 nitrogen and oxygen atoms in total. The summed E-state index contributed by atoms with van der Waals surface area (Å²) < 4.78 is 11.9. The van der Waals surface area contributed by atoms with Gasteiger partial charge >= 0.3 is 0 Å². The summed E-state index contributed by atoms with van der Waals surface area (Å²) in [6.07, 6.45) is 3.24. The lowest BCUT2D eigenvalue weighted by atomic mass is 10.1. The number of nitrogens with one attached hydrogen (secondary N) is 1. The molecule has 0 atom stereocenters. The number of nitrogens with two attached hydrogens (primary N) is 1. The number of nitrogens with zero attached hydrogens (tertiary/aromatic N) is 2. The van der Waals surface area contributed by atoms with E-state index in [1.165, 1.54) is 14.2 Å². The van der Waals surface area contributed by atoms with Crippen LogP contribution in [0, 0.1) is 0 Å². The lowest BCUT2D eigenvalue weighted by Gasteiger charge is -2.12. The van der Waals surface area contributed by atoms with Crippen LogP contribution in [0.3, 0.4) is 0 Å². The van der Waals surface area contributed by atoms with Gasteiger partial charge in [0.05, 0.1) is 31.7 Å². The molecule has 0 spiro atoms. The molecule has 0 fully saturated rings. The lowest BCUT2D eigenvalue weighted by molar-refractivity contribution is 0.102. The Labute approximate surface area is 116 Å². The van der Waals surface area contributed by atoms with Crippen molar-refractivity contribution in [2.75, 3.05) is 25.3 Å². The number of aromatic nitrogens is 2. The molecule has 0 unspecified atom stereocenters. The van der Waals surface area contributed by atoms with Gasteiger partial charge in [0.1, 0.15) is 0 Å². The molecule has 0 aliphatic carbocycles. The van der Waals surface area contributed by atoms with Crippen molar-refractivity contribution in [2.45, 2.75) is 0 Å². The fourth-order valence-electron chi connectivity index (χ4n) is 1.78. The second-order valence-electron chi connectivity index (χ2n) is 4.15. The third kappa shape index (κ3) is 2.66. The molecule has 0 radical (unpaired) electrons. The van der Waals surface area contributed by atoms with E-state index >= 15 is 0 Å². The number of hydrogen-bond acceptors (Lipinski definition) is 5.